The smallest absolute Gasteiger partial charge is 0.0599 e. The van der Waals surface area contributed by atoms with Gasteiger partial charge in [0, 0.05) is 37.8 Å². The largest absolute Gasteiger partial charge is 0.395 e. The molecule has 2 aromatic rings. The van der Waals surface area contributed by atoms with E-state index in [2.05, 4.69) is 84.3 Å². The average molecular weight is 324 g/mol. The average Bonchev–Trinajstić information content (AvgIpc) is 2.58. The Morgan fingerprint density at radius 2 is 1.46 bits per heavy atom. The van der Waals surface area contributed by atoms with Crippen molar-refractivity contribution in [3.63, 3.8) is 0 Å². The van der Waals surface area contributed by atoms with Crippen LogP contribution in [0.4, 0.5) is 0 Å². The molecule has 1 atom stereocenters. The Bertz CT molecular complexity index is 627. The topological polar surface area (TPSA) is 26.7 Å². The van der Waals surface area contributed by atoms with Gasteiger partial charge in [-0.1, -0.05) is 60.7 Å². The van der Waals surface area contributed by atoms with Crippen LogP contribution in [-0.2, 0) is 13.1 Å². The standard InChI is InChI=1S/C21H28N2O/c1-21(2)17-22(13-18-9-5-3-6-10-18)15-20(16-24)23(21)14-19-11-7-4-8-12-19/h3-12,20,24H,13-17H2,1-2H3. The molecule has 0 amide bonds. The summed E-state index contributed by atoms with van der Waals surface area (Å²) in [6.45, 7) is 8.51. The van der Waals surface area contributed by atoms with Crippen molar-refractivity contribution in [1.29, 1.82) is 0 Å². The summed E-state index contributed by atoms with van der Waals surface area (Å²) in [5.74, 6) is 0. The number of aliphatic hydroxyl groups excluding tert-OH is 1. The highest BCUT2D eigenvalue weighted by Crippen LogP contribution is 2.28. The van der Waals surface area contributed by atoms with Gasteiger partial charge in [0.1, 0.15) is 0 Å². The van der Waals surface area contributed by atoms with Gasteiger partial charge in [-0.25, -0.2) is 0 Å². The van der Waals surface area contributed by atoms with Crippen molar-refractivity contribution in [1.82, 2.24) is 9.80 Å². The molecule has 0 bridgehead atoms. The Morgan fingerprint density at radius 1 is 0.917 bits per heavy atom. The minimum atomic E-state index is 0.0241. The third-order valence-electron chi connectivity index (χ3n) is 4.95. The molecule has 2 aromatic carbocycles. The van der Waals surface area contributed by atoms with E-state index in [1.165, 1.54) is 11.1 Å². The van der Waals surface area contributed by atoms with Crippen LogP contribution < -0.4 is 0 Å². The zero-order valence-electron chi connectivity index (χ0n) is 14.7. The van der Waals surface area contributed by atoms with Crippen LogP contribution in [0.25, 0.3) is 0 Å². The first-order valence-electron chi connectivity index (χ1n) is 8.76. The van der Waals surface area contributed by atoms with Crippen molar-refractivity contribution in [3.8, 4) is 0 Å². The van der Waals surface area contributed by atoms with E-state index in [1.54, 1.807) is 0 Å². The van der Waals surface area contributed by atoms with Crippen LogP contribution in [0.3, 0.4) is 0 Å². The first kappa shape index (κ1) is 17.2. The molecule has 128 valence electrons. The van der Waals surface area contributed by atoms with E-state index in [-0.39, 0.29) is 18.2 Å². The normalized spacial score (nSPS) is 21.7. The molecule has 1 N–H and O–H groups in total. The van der Waals surface area contributed by atoms with E-state index in [4.69, 9.17) is 0 Å². The van der Waals surface area contributed by atoms with Gasteiger partial charge in [-0.2, -0.15) is 0 Å². The Balaban J connectivity index is 1.73. The van der Waals surface area contributed by atoms with Gasteiger partial charge in [-0.05, 0) is 25.0 Å². The van der Waals surface area contributed by atoms with Crippen molar-refractivity contribution in [2.75, 3.05) is 19.7 Å². The number of benzene rings is 2. The van der Waals surface area contributed by atoms with E-state index in [9.17, 15) is 5.11 Å². The van der Waals surface area contributed by atoms with Gasteiger partial charge < -0.3 is 5.11 Å². The van der Waals surface area contributed by atoms with Crippen LogP contribution in [0.1, 0.15) is 25.0 Å². The molecular weight excluding hydrogens is 296 g/mol. The third-order valence-corrected chi connectivity index (χ3v) is 4.95. The zero-order valence-corrected chi connectivity index (χ0v) is 14.7. The highest BCUT2D eigenvalue weighted by Gasteiger charge is 2.39. The van der Waals surface area contributed by atoms with Gasteiger partial charge in [-0.3, -0.25) is 9.80 Å². The first-order chi connectivity index (χ1) is 11.6. The van der Waals surface area contributed by atoms with Crippen molar-refractivity contribution < 1.29 is 5.11 Å². The van der Waals surface area contributed by atoms with Gasteiger partial charge in [0.05, 0.1) is 6.61 Å². The first-order valence-corrected chi connectivity index (χ1v) is 8.76. The molecule has 0 radical (unpaired) electrons. The molecule has 1 aliphatic rings. The number of piperazine rings is 1. The highest BCUT2D eigenvalue weighted by molar-refractivity contribution is 5.17. The predicted molar refractivity (Wildman–Crippen MR) is 98.7 cm³/mol. The van der Waals surface area contributed by atoms with Gasteiger partial charge in [0.25, 0.3) is 0 Å². The molecule has 0 aromatic heterocycles. The lowest BCUT2D eigenvalue weighted by Gasteiger charge is -2.51. The fourth-order valence-corrected chi connectivity index (χ4v) is 3.84. The van der Waals surface area contributed by atoms with Crippen LogP contribution in [0.5, 0.6) is 0 Å². The Hall–Kier alpha value is -1.68. The Labute approximate surface area is 145 Å². The molecule has 0 aliphatic carbocycles. The Morgan fingerprint density at radius 3 is 2.00 bits per heavy atom. The molecule has 1 fully saturated rings. The summed E-state index contributed by atoms with van der Waals surface area (Å²) in [7, 11) is 0. The summed E-state index contributed by atoms with van der Waals surface area (Å²) >= 11 is 0. The van der Waals surface area contributed by atoms with Crippen molar-refractivity contribution in [2.24, 2.45) is 0 Å². The highest BCUT2D eigenvalue weighted by atomic mass is 16.3. The van der Waals surface area contributed by atoms with Gasteiger partial charge in [0.2, 0.25) is 0 Å². The summed E-state index contributed by atoms with van der Waals surface area (Å²) < 4.78 is 0. The lowest BCUT2D eigenvalue weighted by atomic mass is 9.93. The van der Waals surface area contributed by atoms with Gasteiger partial charge in [0.15, 0.2) is 0 Å². The van der Waals surface area contributed by atoms with Crippen LogP contribution in [0, 0.1) is 0 Å². The minimum absolute atomic E-state index is 0.0241. The van der Waals surface area contributed by atoms with Crippen molar-refractivity contribution >= 4 is 0 Å². The van der Waals surface area contributed by atoms with Crippen molar-refractivity contribution in [3.05, 3.63) is 71.8 Å². The number of aliphatic hydroxyl groups is 1. The van der Waals surface area contributed by atoms with Gasteiger partial charge >= 0.3 is 0 Å². The van der Waals surface area contributed by atoms with Gasteiger partial charge in [-0.15, -0.1) is 0 Å². The maximum atomic E-state index is 9.99. The van der Waals surface area contributed by atoms with E-state index in [0.717, 1.165) is 26.2 Å². The second-order valence-corrected chi connectivity index (χ2v) is 7.42. The second kappa shape index (κ2) is 7.47. The maximum absolute atomic E-state index is 9.99. The Kier molecular flexibility index (Phi) is 5.34. The van der Waals surface area contributed by atoms with E-state index >= 15 is 0 Å². The van der Waals surface area contributed by atoms with Crippen LogP contribution in [-0.4, -0.2) is 46.2 Å². The molecule has 3 heteroatoms. The molecule has 0 saturated carbocycles. The van der Waals surface area contributed by atoms with Crippen molar-refractivity contribution in [2.45, 2.75) is 38.5 Å². The summed E-state index contributed by atoms with van der Waals surface area (Å²) in [6.07, 6.45) is 0. The molecule has 1 heterocycles. The van der Waals surface area contributed by atoms with E-state index in [0.29, 0.717) is 0 Å². The molecule has 1 unspecified atom stereocenters. The maximum Gasteiger partial charge on any atom is 0.0599 e. The number of rotatable bonds is 5. The number of nitrogens with zero attached hydrogens (tertiary/aromatic N) is 2. The number of hydrogen-bond donors (Lipinski definition) is 1. The van der Waals surface area contributed by atoms with E-state index < -0.39 is 0 Å². The third kappa shape index (κ3) is 4.04. The molecule has 1 aliphatic heterocycles. The molecule has 24 heavy (non-hydrogen) atoms. The fraction of sp³-hybridized carbons (Fsp3) is 0.429. The van der Waals surface area contributed by atoms with Crippen LogP contribution in [0.15, 0.2) is 60.7 Å². The lowest BCUT2D eigenvalue weighted by Crippen LogP contribution is -2.64. The quantitative estimate of drug-likeness (QED) is 0.915. The lowest BCUT2D eigenvalue weighted by molar-refractivity contribution is -0.0526. The summed E-state index contributed by atoms with van der Waals surface area (Å²) in [5.41, 5.74) is 2.66. The van der Waals surface area contributed by atoms with Crippen LogP contribution >= 0.6 is 0 Å². The second-order valence-electron chi connectivity index (χ2n) is 7.42. The van der Waals surface area contributed by atoms with Crippen LogP contribution in [0.2, 0.25) is 0 Å². The summed E-state index contributed by atoms with van der Waals surface area (Å²) in [4.78, 5) is 4.93. The zero-order chi connectivity index (χ0) is 17.0. The predicted octanol–water partition coefficient (Wildman–Crippen LogP) is 3.14. The molecular formula is C21H28N2O. The SMILES string of the molecule is CC1(C)CN(Cc2ccccc2)CC(CO)N1Cc1ccccc1. The number of hydrogen-bond acceptors (Lipinski definition) is 3. The van der Waals surface area contributed by atoms with E-state index in [1.807, 2.05) is 0 Å². The summed E-state index contributed by atoms with van der Waals surface area (Å²) in [5, 5.41) is 9.99. The molecule has 1 saturated heterocycles. The fourth-order valence-electron chi connectivity index (χ4n) is 3.84. The monoisotopic (exact) mass is 324 g/mol. The molecule has 3 rings (SSSR count). The molecule has 0 spiro atoms. The summed E-state index contributed by atoms with van der Waals surface area (Å²) in [6, 6.07) is 21.3. The minimum Gasteiger partial charge on any atom is -0.395 e. The molecule has 3 nitrogen and oxygen atoms in total.